The molecule has 10 heteroatoms. The van der Waals surface area contributed by atoms with Gasteiger partial charge in [0, 0.05) is 55.2 Å². The topological polar surface area (TPSA) is 82.0 Å². The van der Waals surface area contributed by atoms with Gasteiger partial charge in [-0.25, -0.2) is 4.39 Å². The number of piperazine rings is 1. The molecule has 216 valence electrons. The second kappa shape index (κ2) is 11.7. The molecule has 1 fully saturated rings. The molecule has 0 bridgehead atoms. The summed E-state index contributed by atoms with van der Waals surface area (Å²) in [4.78, 5) is 27.4. The fourth-order valence-electron chi connectivity index (χ4n) is 5.60. The summed E-state index contributed by atoms with van der Waals surface area (Å²) in [6, 6.07) is 12.3. The van der Waals surface area contributed by atoms with Crippen LogP contribution in [0.3, 0.4) is 0 Å². The van der Waals surface area contributed by atoms with Crippen molar-refractivity contribution in [3.05, 3.63) is 53.3 Å². The van der Waals surface area contributed by atoms with Gasteiger partial charge in [-0.3, -0.25) is 4.79 Å². The highest BCUT2D eigenvalue weighted by molar-refractivity contribution is 6.35. The molecule has 0 saturated carbocycles. The Morgan fingerprint density at radius 1 is 1.10 bits per heavy atom. The van der Waals surface area contributed by atoms with E-state index in [1.54, 1.807) is 25.1 Å². The minimum atomic E-state index is -0.663. The maximum Gasteiger partial charge on any atom is 0.319 e. The molecule has 8 nitrogen and oxygen atoms in total. The van der Waals surface area contributed by atoms with Crippen LogP contribution in [-0.2, 0) is 4.79 Å². The zero-order valence-electron chi connectivity index (χ0n) is 24.0. The van der Waals surface area contributed by atoms with Gasteiger partial charge in [0.1, 0.15) is 17.1 Å². The van der Waals surface area contributed by atoms with Crippen LogP contribution in [0.4, 0.5) is 10.2 Å². The van der Waals surface area contributed by atoms with Crippen LogP contribution >= 0.6 is 11.6 Å². The van der Waals surface area contributed by atoms with Crippen molar-refractivity contribution in [1.82, 2.24) is 19.8 Å². The van der Waals surface area contributed by atoms with Crippen LogP contribution in [0, 0.1) is 5.82 Å². The number of aromatic hydroxyl groups is 1. The van der Waals surface area contributed by atoms with Crippen molar-refractivity contribution in [2.24, 2.45) is 0 Å². The number of benzene rings is 3. The van der Waals surface area contributed by atoms with E-state index in [0.29, 0.717) is 41.9 Å². The van der Waals surface area contributed by atoms with Crippen LogP contribution in [0.25, 0.3) is 32.8 Å². The molecular formula is C31H35ClFN5O3. The molecule has 41 heavy (non-hydrogen) atoms. The Hall–Kier alpha value is -3.69. The maximum absolute atomic E-state index is 16.7. The molecule has 1 amide bonds. The third-order valence-electron chi connectivity index (χ3n) is 7.64. The summed E-state index contributed by atoms with van der Waals surface area (Å²) < 4.78 is 22.6. The molecule has 3 aromatic carbocycles. The average molecular weight is 580 g/mol. The van der Waals surface area contributed by atoms with E-state index in [0.717, 1.165) is 18.4 Å². The van der Waals surface area contributed by atoms with Crippen molar-refractivity contribution in [2.75, 3.05) is 45.2 Å². The molecular weight excluding hydrogens is 545 g/mol. The third-order valence-corrected chi connectivity index (χ3v) is 7.94. The van der Waals surface area contributed by atoms with Crippen LogP contribution < -0.4 is 9.64 Å². The van der Waals surface area contributed by atoms with E-state index in [4.69, 9.17) is 21.3 Å². The van der Waals surface area contributed by atoms with Gasteiger partial charge in [0.2, 0.25) is 5.91 Å². The first kappa shape index (κ1) is 28.8. The molecule has 1 aliphatic rings. The SMILES string of the molecule is CC(=O)N1C[C@H](C)N(c2nc(OCCCN(C)C)nc3c(F)c(-c4c(O)ccc5ccccc45)c(Cl)cc23)C[C@H]1C. The number of carbonyl (C=O) groups excluding carboxylic acids is 1. The van der Waals surface area contributed by atoms with Crippen molar-refractivity contribution in [3.63, 3.8) is 0 Å². The largest absolute Gasteiger partial charge is 0.507 e. The molecule has 0 spiro atoms. The van der Waals surface area contributed by atoms with Gasteiger partial charge in [0.05, 0.1) is 11.6 Å². The van der Waals surface area contributed by atoms with Crippen LogP contribution in [0.2, 0.25) is 5.02 Å². The number of nitrogens with zero attached hydrogens (tertiary/aromatic N) is 5. The van der Waals surface area contributed by atoms with Gasteiger partial charge < -0.3 is 24.5 Å². The number of carbonyl (C=O) groups is 1. The quantitative estimate of drug-likeness (QED) is 0.280. The van der Waals surface area contributed by atoms with Gasteiger partial charge in [0.25, 0.3) is 0 Å². The molecule has 5 rings (SSSR count). The lowest BCUT2D eigenvalue weighted by molar-refractivity contribution is -0.131. The first-order valence-electron chi connectivity index (χ1n) is 13.8. The van der Waals surface area contributed by atoms with E-state index in [-0.39, 0.29) is 45.9 Å². The Morgan fingerprint density at radius 2 is 1.85 bits per heavy atom. The van der Waals surface area contributed by atoms with Crippen LogP contribution in [0.5, 0.6) is 11.8 Å². The lowest BCUT2D eigenvalue weighted by atomic mass is 9.95. The van der Waals surface area contributed by atoms with Crippen LogP contribution in [0.1, 0.15) is 27.2 Å². The summed E-state index contributed by atoms with van der Waals surface area (Å²) in [6.45, 7) is 7.73. The van der Waals surface area contributed by atoms with Gasteiger partial charge in [0.15, 0.2) is 5.82 Å². The highest BCUT2D eigenvalue weighted by Gasteiger charge is 2.33. The number of amides is 1. The number of aromatic nitrogens is 2. The van der Waals surface area contributed by atoms with Crippen molar-refractivity contribution >= 4 is 45.0 Å². The van der Waals surface area contributed by atoms with Crippen molar-refractivity contribution in [1.29, 1.82) is 0 Å². The number of hydrogen-bond acceptors (Lipinski definition) is 7. The van der Waals surface area contributed by atoms with Crippen molar-refractivity contribution in [2.45, 2.75) is 39.3 Å². The molecule has 0 unspecified atom stereocenters. The third kappa shape index (κ3) is 5.61. The predicted octanol–water partition coefficient (Wildman–Crippen LogP) is 5.72. The minimum Gasteiger partial charge on any atom is -0.507 e. The highest BCUT2D eigenvalue weighted by Crippen LogP contribution is 2.45. The maximum atomic E-state index is 16.7. The summed E-state index contributed by atoms with van der Waals surface area (Å²) in [5.74, 6) is -0.241. The number of phenols is 1. The Kier molecular flexibility index (Phi) is 8.20. The fraction of sp³-hybridized carbons (Fsp3) is 0.387. The fourth-order valence-corrected chi connectivity index (χ4v) is 5.89. The Balaban J connectivity index is 1.69. The molecule has 1 N–H and O–H groups in total. The zero-order chi connectivity index (χ0) is 29.4. The molecule has 1 aliphatic heterocycles. The van der Waals surface area contributed by atoms with E-state index in [9.17, 15) is 9.90 Å². The van der Waals surface area contributed by atoms with E-state index in [2.05, 4.69) is 14.8 Å². The van der Waals surface area contributed by atoms with E-state index < -0.39 is 5.82 Å². The molecule has 2 atom stereocenters. The number of rotatable bonds is 7. The Bertz CT molecular complexity index is 1610. The second-order valence-electron chi connectivity index (χ2n) is 11.0. The average Bonchev–Trinajstić information content (AvgIpc) is 2.93. The number of ether oxygens (including phenoxy) is 1. The molecule has 0 aliphatic carbocycles. The van der Waals surface area contributed by atoms with Crippen molar-refractivity contribution < 1.29 is 19.0 Å². The minimum absolute atomic E-state index is 0.00934. The van der Waals surface area contributed by atoms with Gasteiger partial charge in [-0.15, -0.1) is 0 Å². The Labute approximate surface area is 244 Å². The van der Waals surface area contributed by atoms with E-state index in [1.807, 2.05) is 57.1 Å². The standard InChI is InChI=1S/C31H35ClFN5O3/c1-18-17-38(19(2)16-37(18)20(3)39)30-23-15-24(32)27(26-22-10-7-6-9-21(22)11-12-25(26)40)28(33)29(23)34-31(35-30)41-14-8-13-36(4)5/h6-7,9-12,15,18-19,40H,8,13-14,16-17H2,1-5H3/t18-,19+/m1/s1. The van der Waals surface area contributed by atoms with Gasteiger partial charge in [-0.1, -0.05) is 41.9 Å². The van der Waals surface area contributed by atoms with E-state index in [1.165, 1.54) is 0 Å². The zero-order valence-corrected chi connectivity index (χ0v) is 24.7. The number of halogens is 2. The molecule has 1 saturated heterocycles. The monoisotopic (exact) mass is 579 g/mol. The predicted molar refractivity (Wildman–Crippen MR) is 161 cm³/mol. The summed E-state index contributed by atoms with van der Waals surface area (Å²) in [7, 11) is 3.97. The van der Waals surface area contributed by atoms with Gasteiger partial charge in [-0.05, 0) is 57.3 Å². The number of fused-ring (bicyclic) bond motifs is 2. The smallest absolute Gasteiger partial charge is 0.319 e. The summed E-state index contributed by atoms with van der Waals surface area (Å²) in [5.41, 5.74) is 0.427. The van der Waals surface area contributed by atoms with Gasteiger partial charge in [-0.2, -0.15) is 9.97 Å². The molecule has 2 heterocycles. The summed E-state index contributed by atoms with van der Waals surface area (Å²) in [6.07, 6.45) is 0.743. The van der Waals surface area contributed by atoms with Crippen LogP contribution in [-0.4, -0.2) is 83.2 Å². The van der Waals surface area contributed by atoms with Crippen molar-refractivity contribution in [3.8, 4) is 22.9 Å². The molecule has 1 aromatic heterocycles. The van der Waals surface area contributed by atoms with E-state index >= 15 is 4.39 Å². The molecule has 4 aromatic rings. The summed E-state index contributed by atoms with van der Waals surface area (Å²) >= 11 is 6.81. The number of hydrogen-bond donors (Lipinski definition) is 1. The lowest BCUT2D eigenvalue weighted by Gasteiger charge is -2.44. The highest BCUT2D eigenvalue weighted by atomic mass is 35.5. The number of phenolic OH excluding ortho intramolecular Hbond substituents is 1. The normalized spacial score (nSPS) is 17.6. The first-order chi connectivity index (χ1) is 19.6. The number of anilines is 1. The molecule has 0 radical (unpaired) electrons. The lowest BCUT2D eigenvalue weighted by Crippen LogP contribution is -2.58. The van der Waals surface area contributed by atoms with Gasteiger partial charge >= 0.3 is 6.01 Å². The second-order valence-corrected chi connectivity index (χ2v) is 11.4. The summed E-state index contributed by atoms with van der Waals surface area (Å²) in [5, 5.41) is 13.0. The first-order valence-corrected chi connectivity index (χ1v) is 14.2. The Morgan fingerprint density at radius 3 is 2.59 bits per heavy atom. The van der Waals surface area contributed by atoms with Crippen LogP contribution in [0.15, 0.2) is 42.5 Å².